The van der Waals surface area contributed by atoms with E-state index in [0.29, 0.717) is 17.1 Å². The Morgan fingerprint density at radius 3 is 2.83 bits per heavy atom. The van der Waals surface area contributed by atoms with E-state index in [1.807, 2.05) is 0 Å². The number of hydrogen-bond donors (Lipinski definition) is 1. The molecule has 0 fully saturated rings. The fraction of sp³-hybridized carbons (Fsp3) is 0.0769. The third kappa shape index (κ3) is 2.75. The first kappa shape index (κ1) is 15.0. The molecule has 2 heterocycles. The molecule has 0 bridgehead atoms. The van der Waals surface area contributed by atoms with Crippen molar-refractivity contribution in [2.24, 2.45) is 0 Å². The molecule has 0 aliphatic heterocycles. The van der Waals surface area contributed by atoms with E-state index in [-0.39, 0.29) is 15.7 Å². The SMILES string of the molecule is Cc1occc1-c1nnc(Sc2ccc(F)cc2[N+](=O)[O-])n1N. The van der Waals surface area contributed by atoms with Gasteiger partial charge >= 0.3 is 0 Å². The molecule has 0 unspecified atom stereocenters. The molecule has 8 nitrogen and oxygen atoms in total. The highest BCUT2D eigenvalue weighted by atomic mass is 32.2. The molecule has 1 aromatic carbocycles. The van der Waals surface area contributed by atoms with Crippen LogP contribution in [0.1, 0.15) is 5.76 Å². The van der Waals surface area contributed by atoms with Crippen molar-refractivity contribution >= 4 is 17.4 Å². The summed E-state index contributed by atoms with van der Waals surface area (Å²) in [5.41, 5.74) is 0.305. The van der Waals surface area contributed by atoms with Crippen LogP contribution in [0.4, 0.5) is 10.1 Å². The summed E-state index contributed by atoms with van der Waals surface area (Å²) in [5.74, 6) is 6.25. The van der Waals surface area contributed by atoms with Gasteiger partial charge in [-0.2, -0.15) is 0 Å². The number of nitro benzene ring substituents is 1. The number of halogens is 1. The summed E-state index contributed by atoms with van der Waals surface area (Å²) < 4.78 is 19.6. The molecule has 10 heteroatoms. The number of nitro groups is 1. The van der Waals surface area contributed by atoms with Crippen molar-refractivity contribution in [2.75, 3.05) is 5.84 Å². The Morgan fingerprint density at radius 1 is 1.39 bits per heavy atom. The minimum absolute atomic E-state index is 0.214. The maximum Gasteiger partial charge on any atom is 0.286 e. The van der Waals surface area contributed by atoms with Crippen LogP contribution < -0.4 is 5.84 Å². The van der Waals surface area contributed by atoms with Gasteiger partial charge in [-0.15, -0.1) is 10.2 Å². The first-order valence-corrected chi connectivity index (χ1v) is 7.15. The Kier molecular flexibility index (Phi) is 3.74. The number of benzene rings is 1. The highest BCUT2D eigenvalue weighted by Crippen LogP contribution is 2.35. The molecule has 0 amide bonds. The summed E-state index contributed by atoms with van der Waals surface area (Å²) in [6.45, 7) is 1.75. The molecule has 3 rings (SSSR count). The second-order valence-electron chi connectivity index (χ2n) is 4.54. The Bertz CT molecular complexity index is 892. The van der Waals surface area contributed by atoms with Gasteiger partial charge in [-0.1, -0.05) is 0 Å². The zero-order valence-electron chi connectivity index (χ0n) is 11.8. The monoisotopic (exact) mass is 335 g/mol. The number of hydrogen-bond acceptors (Lipinski definition) is 7. The smallest absolute Gasteiger partial charge is 0.286 e. The van der Waals surface area contributed by atoms with E-state index >= 15 is 0 Å². The first-order chi connectivity index (χ1) is 11.0. The number of aromatic nitrogens is 3. The van der Waals surface area contributed by atoms with Crippen LogP contribution in [0.5, 0.6) is 0 Å². The fourth-order valence-electron chi connectivity index (χ4n) is 1.97. The van der Waals surface area contributed by atoms with Gasteiger partial charge in [0.15, 0.2) is 5.82 Å². The van der Waals surface area contributed by atoms with E-state index in [4.69, 9.17) is 10.3 Å². The predicted octanol–water partition coefficient (Wildman–Crippen LogP) is 2.76. The Labute approximate surface area is 133 Å². The zero-order chi connectivity index (χ0) is 16.6. The quantitative estimate of drug-likeness (QED) is 0.443. The number of nitrogen functional groups attached to an aromatic ring is 1. The number of furan rings is 1. The molecule has 0 aliphatic carbocycles. The van der Waals surface area contributed by atoms with Gasteiger partial charge in [0.2, 0.25) is 5.16 Å². The van der Waals surface area contributed by atoms with Crippen molar-refractivity contribution in [3.63, 3.8) is 0 Å². The van der Waals surface area contributed by atoms with Crippen LogP contribution in [0.15, 0.2) is 45.0 Å². The van der Waals surface area contributed by atoms with E-state index in [1.165, 1.54) is 17.0 Å². The molecule has 0 atom stereocenters. The second kappa shape index (κ2) is 5.72. The summed E-state index contributed by atoms with van der Waals surface area (Å²) >= 11 is 0.927. The van der Waals surface area contributed by atoms with Gasteiger partial charge in [0, 0.05) is 0 Å². The van der Waals surface area contributed by atoms with E-state index in [2.05, 4.69) is 10.2 Å². The molecular formula is C13H10FN5O3S. The standard InChI is InChI=1S/C13H10FN5O3S/c1-7-9(4-5-22-7)12-16-17-13(18(12)15)23-11-3-2-8(14)6-10(11)19(20)21/h2-6H,15H2,1H3. The lowest BCUT2D eigenvalue weighted by Gasteiger charge is -2.04. The second-order valence-corrected chi connectivity index (χ2v) is 5.55. The first-order valence-electron chi connectivity index (χ1n) is 6.34. The number of nitrogens with two attached hydrogens (primary N) is 1. The Hall–Kier alpha value is -2.88. The van der Waals surface area contributed by atoms with Crippen molar-refractivity contribution in [3.8, 4) is 11.4 Å². The Balaban J connectivity index is 1.98. The van der Waals surface area contributed by atoms with E-state index in [0.717, 1.165) is 23.9 Å². The average Bonchev–Trinajstić information content (AvgIpc) is 3.07. The van der Waals surface area contributed by atoms with Gasteiger partial charge in [-0.05, 0) is 36.9 Å². The van der Waals surface area contributed by atoms with Gasteiger partial charge in [0.25, 0.3) is 5.69 Å². The van der Waals surface area contributed by atoms with Crippen LogP contribution in [0.25, 0.3) is 11.4 Å². The van der Waals surface area contributed by atoms with Crippen LogP contribution in [-0.4, -0.2) is 19.8 Å². The minimum Gasteiger partial charge on any atom is -0.469 e. The average molecular weight is 335 g/mol. The number of rotatable bonds is 4. The van der Waals surface area contributed by atoms with Crippen molar-refractivity contribution < 1.29 is 13.7 Å². The minimum atomic E-state index is -0.690. The molecule has 0 saturated carbocycles. The fourth-order valence-corrected chi connectivity index (χ4v) is 2.80. The van der Waals surface area contributed by atoms with Crippen molar-refractivity contribution in [3.05, 3.63) is 52.2 Å². The summed E-state index contributed by atoms with van der Waals surface area (Å²) in [4.78, 5) is 10.6. The molecule has 118 valence electrons. The molecule has 0 spiro atoms. The van der Waals surface area contributed by atoms with E-state index < -0.39 is 10.7 Å². The number of nitrogens with zero attached hydrogens (tertiary/aromatic N) is 4. The van der Waals surface area contributed by atoms with Crippen molar-refractivity contribution in [1.82, 2.24) is 14.9 Å². The summed E-state index contributed by atoms with van der Waals surface area (Å²) in [7, 11) is 0. The summed E-state index contributed by atoms with van der Waals surface area (Å²) in [6.07, 6.45) is 1.50. The third-order valence-corrected chi connectivity index (χ3v) is 4.11. The molecule has 23 heavy (non-hydrogen) atoms. The molecule has 2 N–H and O–H groups in total. The van der Waals surface area contributed by atoms with E-state index in [1.54, 1.807) is 13.0 Å². The lowest BCUT2D eigenvalue weighted by Crippen LogP contribution is -2.11. The van der Waals surface area contributed by atoms with Crippen LogP contribution in [0.2, 0.25) is 0 Å². The lowest BCUT2D eigenvalue weighted by molar-refractivity contribution is -0.387. The summed E-state index contributed by atoms with van der Waals surface area (Å²) in [5, 5.41) is 19.2. The van der Waals surface area contributed by atoms with E-state index in [9.17, 15) is 14.5 Å². The van der Waals surface area contributed by atoms with Crippen LogP contribution in [0, 0.1) is 22.9 Å². The van der Waals surface area contributed by atoms with Crippen molar-refractivity contribution in [2.45, 2.75) is 17.0 Å². The third-order valence-electron chi connectivity index (χ3n) is 3.08. The van der Waals surface area contributed by atoms with Crippen LogP contribution in [0.3, 0.4) is 0 Å². The normalized spacial score (nSPS) is 10.9. The molecular weight excluding hydrogens is 325 g/mol. The number of aryl methyl sites for hydroxylation is 1. The maximum atomic E-state index is 13.2. The molecule has 3 aromatic rings. The highest BCUT2D eigenvalue weighted by Gasteiger charge is 2.21. The maximum absolute atomic E-state index is 13.2. The van der Waals surface area contributed by atoms with Gasteiger partial charge < -0.3 is 10.3 Å². The predicted molar refractivity (Wildman–Crippen MR) is 79.8 cm³/mol. The topological polar surface area (TPSA) is 113 Å². The van der Waals surface area contributed by atoms with Crippen LogP contribution in [-0.2, 0) is 0 Å². The largest absolute Gasteiger partial charge is 0.469 e. The van der Waals surface area contributed by atoms with Gasteiger partial charge in [-0.3, -0.25) is 10.1 Å². The van der Waals surface area contributed by atoms with Crippen LogP contribution >= 0.6 is 11.8 Å². The summed E-state index contributed by atoms with van der Waals surface area (Å²) in [6, 6.07) is 4.97. The highest BCUT2D eigenvalue weighted by molar-refractivity contribution is 7.99. The van der Waals surface area contributed by atoms with Gasteiger partial charge in [-0.25, -0.2) is 9.07 Å². The van der Waals surface area contributed by atoms with Crippen molar-refractivity contribution in [1.29, 1.82) is 0 Å². The van der Waals surface area contributed by atoms with Gasteiger partial charge in [0.1, 0.15) is 11.6 Å². The zero-order valence-corrected chi connectivity index (χ0v) is 12.6. The molecule has 0 saturated heterocycles. The Morgan fingerprint density at radius 2 is 2.17 bits per heavy atom. The molecule has 0 radical (unpaired) electrons. The van der Waals surface area contributed by atoms with Gasteiger partial charge in [0.05, 0.1) is 27.7 Å². The molecule has 2 aromatic heterocycles. The molecule has 0 aliphatic rings. The lowest BCUT2D eigenvalue weighted by atomic mass is 10.2.